The first kappa shape index (κ1) is 13.0. The summed E-state index contributed by atoms with van der Waals surface area (Å²) >= 11 is 3.33. The van der Waals surface area contributed by atoms with Crippen molar-refractivity contribution < 1.29 is 9.90 Å². The molecular formula is C12H16BrNO2. The number of alkyl halides is 1. The number of carbonyl (C=O) groups excluding carboxylic acids is 1. The van der Waals surface area contributed by atoms with Crippen molar-refractivity contribution >= 4 is 21.8 Å². The monoisotopic (exact) mass is 285 g/mol. The lowest BCUT2D eigenvalue weighted by Crippen LogP contribution is -2.32. The maximum Gasteiger partial charge on any atom is 0.236 e. The van der Waals surface area contributed by atoms with Crippen LogP contribution in [0.25, 0.3) is 0 Å². The summed E-state index contributed by atoms with van der Waals surface area (Å²) in [6.07, 6.45) is 0.767. The van der Waals surface area contributed by atoms with Gasteiger partial charge in [0.25, 0.3) is 0 Å². The number of amides is 1. The topological polar surface area (TPSA) is 40.5 Å². The van der Waals surface area contributed by atoms with Gasteiger partial charge in [0.15, 0.2) is 0 Å². The van der Waals surface area contributed by atoms with Crippen molar-refractivity contribution in [3.8, 4) is 5.75 Å². The number of phenolic OH excluding ortho intramolecular Hbond substituents is 1. The summed E-state index contributed by atoms with van der Waals surface area (Å²) < 4.78 is 0. The van der Waals surface area contributed by atoms with Gasteiger partial charge in [-0.15, -0.1) is 0 Å². The third-order valence-electron chi connectivity index (χ3n) is 2.33. The van der Waals surface area contributed by atoms with E-state index in [2.05, 4.69) is 15.9 Å². The van der Waals surface area contributed by atoms with Crippen LogP contribution in [-0.2, 0) is 11.3 Å². The quantitative estimate of drug-likeness (QED) is 0.864. The normalized spacial score (nSPS) is 12.2. The number of halogens is 1. The van der Waals surface area contributed by atoms with Gasteiger partial charge >= 0.3 is 0 Å². The molecule has 1 aromatic rings. The first-order valence-corrected chi connectivity index (χ1v) is 6.13. The summed E-state index contributed by atoms with van der Waals surface area (Å²) in [5, 5.41) is 9.31. The lowest BCUT2D eigenvalue weighted by Gasteiger charge is -2.19. The van der Waals surface area contributed by atoms with Gasteiger partial charge in [0.2, 0.25) is 5.91 Å². The molecule has 1 atom stereocenters. The lowest BCUT2D eigenvalue weighted by atomic mass is 10.2. The highest BCUT2D eigenvalue weighted by atomic mass is 79.9. The molecule has 0 aliphatic carbocycles. The van der Waals surface area contributed by atoms with Crippen molar-refractivity contribution in [1.82, 2.24) is 4.90 Å². The van der Waals surface area contributed by atoms with Crippen molar-refractivity contribution in [2.75, 3.05) is 7.05 Å². The van der Waals surface area contributed by atoms with E-state index < -0.39 is 0 Å². The second-order valence-corrected chi connectivity index (χ2v) is 4.85. The van der Waals surface area contributed by atoms with Gasteiger partial charge in [-0.05, 0) is 24.1 Å². The number of rotatable bonds is 4. The molecule has 0 spiro atoms. The fourth-order valence-corrected chi connectivity index (χ4v) is 1.77. The number of carbonyl (C=O) groups is 1. The van der Waals surface area contributed by atoms with Crippen LogP contribution in [0.5, 0.6) is 5.75 Å². The largest absolute Gasteiger partial charge is 0.508 e. The summed E-state index contributed by atoms with van der Waals surface area (Å²) in [4.78, 5) is 13.3. The minimum Gasteiger partial charge on any atom is -0.508 e. The molecular weight excluding hydrogens is 270 g/mol. The van der Waals surface area contributed by atoms with Gasteiger partial charge in [-0.3, -0.25) is 4.79 Å². The zero-order valence-electron chi connectivity index (χ0n) is 9.48. The molecule has 0 aliphatic rings. The molecule has 0 aliphatic heterocycles. The summed E-state index contributed by atoms with van der Waals surface area (Å²) in [6, 6.07) is 6.94. The van der Waals surface area contributed by atoms with Gasteiger partial charge in [-0.25, -0.2) is 0 Å². The van der Waals surface area contributed by atoms with Gasteiger partial charge in [-0.1, -0.05) is 35.0 Å². The van der Waals surface area contributed by atoms with Crippen LogP contribution in [-0.4, -0.2) is 27.8 Å². The maximum absolute atomic E-state index is 11.8. The average Bonchev–Trinajstić information content (AvgIpc) is 2.27. The molecule has 88 valence electrons. The van der Waals surface area contributed by atoms with E-state index in [0.717, 1.165) is 12.0 Å². The molecule has 0 saturated heterocycles. The summed E-state index contributed by atoms with van der Waals surface area (Å²) in [5.41, 5.74) is 0.923. The Kier molecular flexibility index (Phi) is 4.80. The number of hydrogen-bond acceptors (Lipinski definition) is 2. The van der Waals surface area contributed by atoms with E-state index in [-0.39, 0.29) is 16.5 Å². The molecule has 0 bridgehead atoms. The molecule has 0 saturated carbocycles. The molecule has 1 unspecified atom stereocenters. The Bertz CT molecular complexity index is 368. The predicted molar refractivity (Wildman–Crippen MR) is 67.6 cm³/mol. The number of phenols is 1. The first-order valence-electron chi connectivity index (χ1n) is 5.21. The third-order valence-corrected chi connectivity index (χ3v) is 3.37. The summed E-state index contributed by atoms with van der Waals surface area (Å²) in [6.45, 7) is 2.47. The van der Waals surface area contributed by atoms with Crippen LogP contribution in [0.4, 0.5) is 0 Å². The van der Waals surface area contributed by atoms with Gasteiger partial charge in [0, 0.05) is 13.6 Å². The van der Waals surface area contributed by atoms with E-state index in [1.165, 1.54) is 0 Å². The number of nitrogens with zero attached hydrogens (tertiary/aromatic N) is 1. The minimum atomic E-state index is -0.130. The highest BCUT2D eigenvalue weighted by Gasteiger charge is 2.17. The van der Waals surface area contributed by atoms with Crippen LogP contribution in [0.3, 0.4) is 0 Å². The van der Waals surface area contributed by atoms with Crippen molar-refractivity contribution in [2.45, 2.75) is 24.7 Å². The molecule has 0 aromatic heterocycles. The molecule has 1 rings (SSSR count). The van der Waals surface area contributed by atoms with Crippen LogP contribution in [0, 0.1) is 0 Å². The second kappa shape index (κ2) is 5.89. The Hall–Kier alpha value is -1.03. The van der Waals surface area contributed by atoms with Crippen LogP contribution in [0.1, 0.15) is 18.9 Å². The number of benzene rings is 1. The van der Waals surface area contributed by atoms with Crippen molar-refractivity contribution in [3.05, 3.63) is 29.8 Å². The van der Waals surface area contributed by atoms with Crippen LogP contribution < -0.4 is 0 Å². The van der Waals surface area contributed by atoms with Crippen LogP contribution >= 0.6 is 15.9 Å². The Balaban J connectivity index is 2.64. The fourth-order valence-electron chi connectivity index (χ4n) is 1.42. The molecule has 16 heavy (non-hydrogen) atoms. The van der Waals surface area contributed by atoms with E-state index in [0.29, 0.717) is 6.54 Å². The summed E-state index contributed by atoms with van der Waals surface area (Å²) in [5.74, 6) is 0.287. The highest BCUT2D eigenvalue weighted by molar-refractivity contribution is 9.10. The molecule has 1 N–H and O–H groups in total. The average molecular weight is 286 g/mol. The Morgan fingerprint density at radius 1 is 1.56 bits per heavy atom. The van der Waals surface area contributed by atoms with Crippen molar-refractivity contribution in [1.29, 1.82) is 0 Å². The lowest BCUT2D eigenvalue weighted by molar-refractivity contribution is -0.129. The smallest absolute Gasteiger partial charge is 0.236 e. The van der Waals surface area contributed by atoms with E-state index >= 15 is 0 Å². The van der Waals surface area contributed by atoms with Gasteiger partial charge in [0.05, 0.1) is 4.83 Å². The van der Waals surface area contributed by atoms with E-state index in [9.17, 15) is 9.90 Å². The first-order chi connectivity index (χ1) is 7.54. The maximum atomic E-state index is 11.8. The third kappa shape index (κ3) is 3.52. The van der Waals surface area contributed by atoms with Gasteiger partial charge in [-0.2, -0.15) is 0 Å². The number of hydrogen-bond donors (Lipinski definition) is 1. The molecule has 0 radical (unpaired) electrons. The Labute approximate surface area is 104 Å². The minimum absolute atomic E-state index is 0.0610. The Morgan fingerprint density at radius 2 is 2.25 bits per heavy atom. The zero-order chi connectivity index (χ0) is 12.1. The van der Waals surface area contributed by atoms with Crippen molar-refractivity contribution in [2.24, 2.45) is 0 Å². The Morgan fingerprint density at radius 3 is 2.81 bits per heavy atom. The van der Waals surface area contributed by atoms with E-state index in [1.54, 1.807) is 30.1 Å². The molecule has 1 amide bonds. The molecule has 0 fully saturated rings. The fraction of sp³-hybridized carbons (Fsp3) is 0.417. The predicted octanol–water partition coefficient (Wildman–Crippen LogP) is 2.52. The van der Waals surface area contributed by atoms with Gasteiger partial charge < -0.3 is 10.0 Å². The van der Waals surface area contributed by atoms with E-state index in [4.69, 9.17) is 0 Å². The van der Waals surface area contributed by atoms with Gasteiger partial charge in [0.1, 0.15) is 5.75 Å². The number of aromatic hydroxyl groups is 1. The van der Waals surface area contributed by atoms with Crippen LogP contribution in [0.2, 0.25) is 0 Å². The highest BCUT2D eigenvalue weighted by Crippen LogP contribution is 2.14. The SMILES string of the molecule is CCC(Br)C(=O)N(C)Cc1cccc(O)c1. The molecule has 1 aromatic carbocycles. The zero-order valence-corrected chi connectivity index (χ0v) is 11.1. The molecule has 0 heterocycles. The summed E-state index contributed by atoms with van der Waals surface area (Å²) in [7, 11) is 1.76. The standard InChI is InChI=1S/C12H16BrNO2/c1-3-11(13)12(16)14(2)8-9-5-4-6-10(15)7-9/h4-7,11,15H,3,8H2,1-2H3. The van der Waals surface area contributed by atoms with E-state index in [1.807, 2.05) is 13.0 Å². The van der Waals surface area contributed by atoms with Crippen molar-refractivity contribution in [3.63, 3.8) is 0 Å². The van der Waals surface area contributed by atoms with Crippen LogP contribution in [0.15, 0.2) is 24.3 Å². The molecule has 4 heteroatoms. The molecule has 3 nitrogen and oxygen atoms in total. The second-order valence-electron chi connectivity index (χ2n) is 3.74.